The fourth-order valence-electron chi connectivity index (χ4n) is 1.10. The van der Waals surface area contributed by atoms with E-state index in [4.69, 9.17) is 5.73 Å². The van der Waals surface area contributed by atoms with Crippen LogP contribution in [-0.4, -0.2) is 28.2 Å². The molecular weight excluding hydrogens is 344 g/mol. The highest BCUT2D eigenvalue weighted by atomic mass is 79.9. The summed E-state index contributed by atoms with van der Waals surface area (Å²) in [6.45, 7) is 9.72. The van der Waals surface area contributed by atoms with Crippen LogP contribution in [0.2, 0.25) is 0 Å². The third-order valence-corrected chi connectivity index (χ3v) is 3.80. The molecule has 7 nitrogen and oxygen atoms in total. The second-order valence-electron chi connectivity index (χ2n) is 3.56. The number of cyclic esters (lactones) is 2. The van der Waals surface area contributed by atoms with E-state index in [0.29, 0.717) is 12.8 Å². The summed E-state index contributed by atoms with van der Waals surface area (Å²) < 4.78 is 3.31. The van der Waals surface area contributed by atoms with Crippen LogP contribution in [0.4, 0.5) is 4.79 Å². The zero-order valence-electron chi connectivity index (χ0n) is 12.0. The Kier molecular flexibility index (Phi) is 11.0. The zero-order valence-corrected chi connectivity index (χ0v) is 13.6. The Morgan fingerprint density at radius 2 is 1.62 bits per heavy atom. The van der Waals surface area contributed by atoms with Crippen LogP contribution in [-0.2, 0) is 19.1 Å². The lowest BCUT2D eigenvalue weighted by molar-refractivity contribution is -0.150. The predicted molar refractivity (Wildman–Crippen MR) is 81.5 cm³/mol. The van der Waals surface area contributed by atoms with E-state index in [1.165, 1.54) is 0 Å². The number of hydrogen-bond donors (Lipinski definition) is 2. The zero-order chi connectivity index (χ0) is 17.1. The molecular formula is C13H19BrN2O5. The summed E-state index contributed by atoms with van der Waals surface area (Å²) in [6, 6.07) is -0.814. The number of urea groups is 1. The average Bonchev–Trinajstić information content (AvgIpc) is 2.83. The van der Waals surface area contributed by atoms with Crippen molar-refractivity contribution in [3.63, 3.8) is 0 Å². The van der Waals surface area contributed by atoms with Crippen molar-refractivity contribution in [1.29, 1.82) is 0 Å². The minimum atomic E-state index is -0.814. The molecule has 1 heterocycles. The highest BCUT2D eigenvalue weighted by Crippen LogP contribution is 2.26. The third-order valence-electron chi connectivity index (χ3n) is 2.32. The molecule has 21 heavy (non-hydrogen) atoms. The second-order valence-corrected chi connectivity index (χ2v) is 5.08. The van der Waals surface area contributed by atoms with Crippen LogP contribution < -0.4 is 11.1 Å². The van der Waals surface area contributed by atoms with Crippen molar-refractivity contribution in [2.75, 3.05) is 0 Å². The second kappa shape index (κ2) is 10.8. The first-order valence-corrected chi connectivity index (χ1v) is 6.78. The summed E-state index contributed by atoms with van der Waals surface area (Å²) in [5.41, 5.74) is 4.81. The molecule has 0 aliphatic carbocycles. The molecule has 0 radical (unpaired) electrons. The first-order chi connectivity index (χ1) is 9.75. The number of amides is 3. The summed E-state index contributed by atoms with van der Waals surface area (Å²) >= 11 is 3.26. The molecule has 0 saturated carbocycles. The molecule has 1 aliphatic rings. The highest BCUT2D eigenvalue weighted by molar-refractivity contribution is 9.10. The van der Waals surface area contributed by atoms with Gasteiger partial charge >= 0.3 is 18.0 Å². The van der Waals surface area contributed by atoms with Gasteiger partial charge in [-0.15, -0.1) is 13.2 Å². The van der Waals surface area contributed by atoms with Gasteiger partial charge in [0, 0.05) is 12.2 Å². The van der Waals surface area contributed by atoms with Crippen LogP contribution in [0.15, 0.2) is 25.3 Å². The average molecular weight is 363 g/mol. The molecule has 0 unspecified atom stereocenters. The molecule has 118 valence electrons. The van der Waals surface area contributed by atoms with Crippen molar-refractivity contribution >= 4 is 39.8 Å². The molecule has 0 saturated heterocycles. The van der Waals surface area contributed by atoms with Gasteiger partial charge in [-0.3, -0.25) is 10.1 Å². The SMILES string of the molecule is C=C.CCC(Br)(CC)C(=O)NC(N)=O.O=C1C=CC(=O)O1. The number of halogens is 1. The number of hydrogen-bond acceptors (Lipinski definition) is 5. The fraction of sp³-hybridized carbons (Fsp3) is 0.385. The maximum Gasteiger partial charge on any atom is 0.338 e. The van der Waals surface area contributed by atoms with Gasteiger partial charge in [0.25, 0.3) is 0 Å². The van der Waals surface area contributed by atoms with Crippen molar-refractivity contribution in [2.24, 2.45) is 5.73 Å². The van der Waals surface area contributed by atoms with E-state index in [2.05, 4.69) is 33.8 Å². The number of carbonyl (C=O) groups is 4. The van der Waals surface area contributed by atoms with Gasteiger partial charge < -0.3 is 10.5 Å². The largest absolute Gasteiger partial charge is 0.387 e. The van der Waals surface area contributed by atoms with Crippen molar-refractivity contribution in [3.05, 3.63) is 25.3 Å². The molecule has 3 amide bonds. The van der Waals surface area contributed by atoms with E-state index in [9.17, 15) is 19.2 Å². The number of ether oxygens (including phenoxy) is 1. The normalized spacial score (nSPS) is 12.3. The number of alkyl halides is 1. The van der Waals surface area contributed by atoms with Gasteiger partial charge in [-0.2, -0.15) is 0 Å². The van der Waals surface area contributed by atoms with Gasteiger partial charge in [0.05, 0.1) is 0 Å². The van der Waals surface area contributed by atoms with Crippen LogP contribution in [0, 0.1) is 0 Å². The van der Waals surface area contributed by atoms with E-state index < -0.39 is 22.3 Å². The topological polar surface area (TPSA) is 116 Å². The van der Waals surface area contributed by atoms with Gasteiger partial charge in [-0.25, -0.2) is 14.4 Å². The van der Waals surface area contributed by atoms with Crippen LogP contribution in [0.1, 0.15) is 26.7 Å². The molecule has 0 fully saturated rings. The van der Waals surface area contributed by atoms with E-state index >= 15 is 0 Å². The summed E-state index contributed by atoms with van der Waals surface area (Å²) in [5.74, 6) is -1.53. The molecule has 1 aliphatic heterocycles. The third kappa shape index (κ3) is 8.74. The van der Waals surface area contributed by atoms with E-state index in [0.717, 1.165) is 12.2 Å². The van der Waals surface area contributed by atoms with Crippen molar-refractivity contribution in [1.82, 2.24) is 5.32 Å². The number of primary amides is 1. The van der Waals surface area contributed by atoms with E-state index in [1.54, 1.807) is 0 Å². The summed E-state index contributed by atoms with van der Waals surface area (Å²) in [4.78, 5) is 41.5. The summed E-state index contributed by atoms with van der Waals surface area (Å²) in [7, 11) is 0. The maximum absolute atomic E-state index is 11.3. The lowest BCUT2D eigenvalue weighted by Crippen LogP contribution is -2.46. The van der Waals surface area contributed by atoms with Gasteiger partial charge in [0.15, 0.2) is 0 Å². The van der Waals surface area contributed by atoms with Gasteiger partial charge in [0.2, 0.25) is 5.91 Å². The first-order valence-electron chi connectivity index (χ1n) is 5.98. The predicted octanol–water partition coefficient (Wildman–Crippen LogP) is 1.56. The molecule has 1 rings (SSSR count). The van der Waals surface area contributed by atoms with E-state index in [1.807, 2.05) is 19.2 Å². The van der Waals surface area contributed by atoms with Crippen molar-refractivity contribution in [2.45, 2.75) is 31.0 Å². The maximum atomic E-state index is 11.3. The molecule has 0 bridgehead atoms. The quantitative estimate of drug-likeness (QED) is 0.342. The van der Waals surface area contributed by atoms with Crippen LogP contribution in [0.3, 0.4) is 0 Å². The minimum absolute atomic E-state index is 0.375. The van der Waals surface area contributed by atoms with E-state index in [-0.39, 0.29) is 5.91 Å². The lowest BCUT2D eigenvalue weighted by Gasteiger charge is -2.21. The molecule has 0 aromatic carbocycles. The van der Waals surface area contributed by atoms with Gasteiger partial charge in [-0.1, -0.05) is 29.8 Å². The molecule has 0 aromatic heterocycles. The van der Waals surface area contributed by atoms with Gasteiger partial charge in [-0.05, 0) is 12.8 Å². The van der Waals surface area contributed by atoms with Crippen molar-refractivity contribution in [3.8, 4) is 0 Å². The molecule has 0 spiro atoms. The number of imide groups is 1. The molecule has 0 aromatic rings. The fourth-order valence-corrected chi connectivity index (χ4v) is 1.20. The van der Waals surface area contributed by atoms with Crippen LogP contribution in [0.25, 0.3) is 0 Å². The Labute approximate surface area is 131 Å². The standard InChI is InChI=1S/C7H13BrN2O2.C4H2O3.C2H4/c1-3-7(8,4-2)5(11)10-6(9)12;5-3-1-2-4(6)7-3;1-2/h3-4H2,1-2H3,(H3,9,10,11,12);1-2H;1-2H2. The molecule has 3 N–H and O–H groups in total. The summed E-state index contributed by atoms with van der Waals surface area (Å²) in [5, 5.41) is 2.04. The first kappa shape index (κ1) is 21.3. The Morgan fingerprint density at radius 1 is 1.24 bits per heavy atom. The molecule has 8 heteroatoms. The van der Waals surface area contributed by atoms with Crippen LogP contribution in [0.5, 0.6) is 0 Å². The Morgan fingerprint density at radius 3 is 1.81 bits per heavy atom. The number of esters is 2. The Hall–Kier alpha value is -1.96. The Bertz CT molecular complexity index is 414. The highest BCUT2D eigenvalue weighted by Gasteiger charge is 2.32. The summed E-state index contributed by atoms with van der Waals surface area (Å²) in [6.07, 6.45) is 3.40. The number of nitrogens with two attached hydrogens (primary N) is 1. The van der Waals surface area contributed by atoms with Crippen molar-refractivity contribution < 1.29 is 23.9 Å². The molecule has 0 atom stereocenters. The van der Waals surface area contributed by atoms with Crippen LogP contribution >= 0.6 is 15.9 Å². The monoisotopic (exact) mass is 362 g/mol. The smallest absolute Gasteiger partial charge is 0.338 e. The number of nitrogens with one attached hydrogen (secondary N) is 1. The minimum Gasteiger partial charge on any atom is -0.387 e. The van der Waals surface area contributed by atoms with Gasteiger partial charge in [0.1, 0.15) is 4.32 Å². The number of carbonyl (C=O) groups excluding carboxylic acids is 4. The Balaban J connectivity index is 0. The lowest BCUT2D eigenvalue weighted by atomic mass is 10.0. The number of rotatable bonds is 3.